The van der Waals surface area contributed by atoms with Crippen molar-refractivity contribution >= 4 is 20.7 Å². The normalized spacial score (nSPS) is 11.8. The molecule has 0 amide bonds. The predicted molar refractivity (Wildman–Crippen MR) is 106 cm³/mol. The maximum atomic E-state index is 13.3. The zero-order chi connectivity index (χ0) is 19.9. The van der Waals surface area contributed by atoms with Crippen molar-refractivity contribution < 1.29 is 12.8 Å². The summed E-state index contributed by atoms with van der Waals surface area (Å²) in [7, 11) is -3.60. The second-order valence-electron chi connectivity index (χ2n) is 6.63. The number of aromatic nitrogens is 2. The quantitative estimate of drug-likeness (QED) is 0.574. The molecule has 0 atom stereocenters. The van der Waals surface area contributed by atoms with Crippen molar-refractivity contribution in [3.05, 3.63) is 94.3 Å². The average molecular weight is 396 g/mol. The van der Waals surface area contributed by atoms with Crippen LogP contribution in [0.15, 0.2) is 76.7 Å². The Bertz CT molecular complexity index is 1340. The molecule has 0 radical (unpaired) electrons. The molecule has 4 rings (SSSR count). The minimum Gasteiger partial charge on any atom is -0.326 e. The predicted octanol–water partition coefficient (Wildman–Crippen LogP) is 3.45. The van der Waals surface area contributed by atoms with Crippen molar-refractivity contribution in [2.24, 2.45) is 0 Å². The Kier molecular flexibility index (Phi) is 4.39. The maximum absolute atomic E-state index is 13.3. The number of aromatic amines is 1. The first kappa shape index (κ1) is 18.2. The molecule has 142 valence electrons. The van der Waals surface area contributed by atoms with Gasteiger partial charge in [-0.3, -0.25) is 4.79 Å². The summed E-state index contributed by atoms with van der Waals surface area (Å²) in [6, 6.07) is 15.2. The number of fused-ring (bicyclic) bond motifs is 1. The van der Waals surface area contributed by atoms with E-state index in [4.69, 9.17) is 0 Å². The third-order valence-corrected chi connectivity index (χ3v) is 5.83. The third-order valence-electron chi connectivity index (χ3n) is 4.67. The van der Waals surface area contributed by atoms with Gasteiger partial charge in [0.2, 0.25) is 0 Å². The van der Waals surface area contributed by atoms with Gasteiger partial charge in [-0.05, 0) is 35.2 Å². The topological polar surface area (TPSA) is 71.9 Å². The lowest BCUT2D eigenvalue weighted by atomic mass is 10.0. The fourth-order valence-corrected chi connectivity index (χ4v) is 4.27. The number of hydrogen-bond donors (Lipinski definition) is 1. The van der Waals surface area contributed by atoms with E-state index in [1.165, 1.54) is 18.3 Å². The van der Waals surface area contributed by atoms with E-state index >= 15 is 0 Å². The molecule has 0 bridgehead atoms. The number of nitrogens with one attached hydrogen (secondary N) is 1. The highest BCUT2D eigenvalue weighted by molar-refractivity contribution is 7.90. The molecular formula is C21H17FN2O3S. The molecule has 2 aromatic heterocycles. The molecule has 4 aromatic rings. The van der Waals surface area contributed by atoms with Gasteiger partial charge in [-0.2, -0.15) is 0 Å². The number of benzene rings is 2. The van der Waals surface area contributed by atoms with Gasteiger partial charge in [0, 0.05) is 30.6 Å². The van der Waals surface area contributed by atoms with E-state index in [-0.39, 0.29) is 22.8 Å². The van der Waals surface area contributed by atoms with Crippen LogP contribution in [0.1, 0.15) is 11.1 Å². The monoisotopic (exact) mass is 396 g/mol. The van der Waals surface area contributed by atoms with Gasteiger partial charge in [-0.15, -0.1) is 0 Å². The highest BCUT2D eigenvalue weighted by atomic mass is 32.2. The van der Waals surface area contributed by atoms with Crippen molar-refractivity contribution in [3.8, 4) is 5.69 Å². The van der Waals surface area contributed by atoms with Crippen LogP contribution in [0.25, 0.3) is 16.6 Å². The average Bonchev–Trinajstić information content (AvgIpc) is 3.07. The summed E-state index contributed by atoms with van der Waals surface area (Å²) in [5.74, 6) is -0.380. The van der Waals surface area contributed by atoms with E-state index in [1.807, 2.05) is 30.3 Å². The van der Waals surface area contributed by atoms with Crippen LogP contribution < -0.4 is 5.56 Å². The van der Waals surface area contributed by atoms with Gasteiger partial charge in [-0.1, -0.05) is 30.3 Å². The number of sulfone groups is 1. The maximum Gasteiger partial charge on any atom is 0.272 e. The second kappa shape index (κ2) is 6.76. The second-order valence-corrected chi connectivity index (χ2v) is 8.61. The first-order valence-corrected chi connectivity index (χ1v) is 10.5. The van der Waals surface area contributed by atoms with Crippen LogP contribution in [-0.4, -0.2) is 24.2 Å². The Morgan fingerprint density at radius 2 is 1.75 bits per heavy atom. The van der Waals surface area contributed by atoms with Crippen LogP contribution in [0.5, 0.6) is 0 Å². The van der Waals surface area contributed by atoms with Crippen molar-refractivity contribution in [1.29, 1.82) is 0 Å². The van der Waals surface area contributed by atoms with Crippen LogP contribution in [0.3, 0.4) is 0 Å². The summed E-state index contributed by atoms with van der Waals surface area (Å²) in [4.78, 5) is 15.4. The molecule has 0 spiro atoms. The van der Waals surface area contributed by atoms with E-state index in [9.17, 15) is 17.6 Å². The lowest BCUT2D eigenvalue weighted by molar-refractivity contribution is 0.600. The van der Waals surface area contributed by atoms with E-state index in [0.29, 0.717) is 11.1 Å². The summed E-state index contributed by atoms with van der Waals surface area (Å²) in [5, 5.41) is 0.930. The van der Waals surface area contributed by atoms with Crippen molar-refractivity contribution in [1.82, 2.24) is 9.55 Å². The summed E-state index contributed by atoms with van der Waals surface area (Å²) < 4.78 is 39.8. The number of rotatable bonds is 4. The van der Waals surface area contributed by atoms with E-state index in [0.717, 1.165) is 17.2 Å². The largest absolute Gasteiger partial charge is 0.326 e. The Labute approximate surface area is 161 Å². The molecule has 0 fully saturated rings. The molecular weight excluding hydrogens is 379 g/mol. The third kappa shape index (κ3) is 3.25. The van der Waals surface area contributed by atoms with Crippen LogP contribution in [0.4, 0.5) is 4.39 Å². The number of hydrogen-bond acceptors (Lipinski definition) is 3. The molecule has 0 aliphatic rings. The fraction of sp³-hybridized carbons (Fsp3) is 0.0952. The number of H-pyrrole nitrogens is 1. The Morgan fingerprint density at radius 1 is 1.04 bits per heavy atom. The molecule has 0 saturated heterocycles. The molecule has 0 aliphatic heterocycles. The number of para-hydroxylation sites is 1. The van der Waals surface area contributed by atoms with Crippen LogP contribution in [0.2, 0.25) is 0 Å². The van der Waals surface area contributed by atoms with E-state index in [1.54, 1.807) is 22.9 Å². The lowest BCUT2D eigenvalue weighted by Gasteiger charge is -2.15. The number of nitrogens with zero attached hydrogens (tertiary/aromatic N) is 1. The number of halogens is 1. The molecule has 2 aromatic carbocycles. The molecule has 1 N–H and O–H groups in total. The van der Waals surface area contributed by atoms with Gasteiger partial charge >= 0.3 is 0 Å². The molecule has 5 nitrogen and oxygen atoms in total. The van der Waals surface area contributed by atoms with Gasteiger partial charge in [-0.25, -0.2) is 12.8 Å². The van der Waals surface area contributed by atoms with Crippen molar-refractivity contribution in [2.45, 2.75) is 11.3 Å². The summed E-state index contributed by atoms with van der Waals surface area (Å²) in [5.41, 5.74) is 1.71. The highest BCUT2D eigenvalue weighted by Crippen LogP contribution is 2.26. The first-order valence-electron chi connectivity index (χ1n) is 8.60. The van der Waals surface area contributed by atoms with E-state index in [2.05, 4.69) is 4.98 Å². The molecule has 2 heterocycles. The Balaban J connectivity index is 2.02. The van der Waals surface area contributed by atoms with Crippen LogP contribution >= 0.6 is 0 Å². The van der Waals surface area contributed by atoms with Gasteiger partial charge in [0.25, 0.3) is 5.56 Å². The zero-order valence-corrected chi connectivity index (χ0v) is 15.8. The van der Waals surface area contributed by atoms with Crippen molar-refractivity contribution in [3.63, 3.8) is 0 Å². The SMILES string of the molecule is CS(=O)(=O)c1c[nH]c(=O)c(-n2ccc3ccccc32)c1Cc1ccc(F)cc1. The van der Waals surface area contributed by atoms with Gasteiger partial charge < -0.3 is 9.55 Å². The van der Waals surface area contributed by atoms with Gasteiger partial charge in [0.15, 0.2) is 9.84 Å². The standard InChI is InChI=1S/C21H17FN2O3S/c1-28(26,27)19-13-23-21(25)20(17(19)12-14-6-8-16(22)9-7-14)24-11-10-15-4-2-3-5-18(15)24/h2-11,13H,12H2,1H3,(H,23,25). The van der Waals surface area contributed by atoms with Gasteiger partial charge in [0.05, 0.1) is 10.4 Å². The zero-order valence-electron chi connectivity index (χ0n) is 15.0. The molecule has 0 unspecified atom stereocenters. The smallest absolute Gasteiger partial charge is 0.272 e. The van der Waals surface area contributed by atoms with Crippen LogP contribution in [-0.2, 0) is 16.3 Å². The highest BCUT2D eigenvalue weighted by Gasteiger charge is 2.22. The van der Waals surface area contributed by atoms with E-state index < -0.39 is 15.4 Å². The molecule has 7 heteroatoms. The lowest BCUT2D eigenvalue weighted by Crippen LogP contribution is -2.20. The molecule has 0 aliphatic carbocycles. The molecule has 0 saturated carbocycles. The number of pyridine rings is 1. The summed E-state index contributed by atoms with van der Waals surface area (Å²) in [6.07, 6.45) is 4.25. The summed E-state index contributed by atoms with van der Waals surface area (Å²) >= 11 is 0. The minimum atomic E-state index is -3.60. The van der Waals surface area contributed by atoms with Crippen molar-refractivity contribution in [2.75, 3.05) is 6.26 Å². The molecule has 28 heavy (non-hydrogen) atoms. The Morgan fingerprint density at radius 3 is 2.46 bits per heavy atom. The summed E-state index contributed by atoms with van der Waals surface area (Å²) in [6.45, 7) is 0. The van der Waals surface area contributed by atoms with Crippen LogP contribution in [0, 0.1) is 5.82 Å². The fourth-order valence-electron chi connectivity index (χ4n) is 3.38. The Hall–Kier alpha value is -3.19. The first-order chi connectivity index (χ1) is 13.3. The van der Waals surface area contributed by atoms with Gasteiger partial charge in [0.1, 0.15) is 11.5 Å². The minimum absolute atomic E-state index is 0.0456.